The Bertz CT molecular complexity index is 810. The van der Waals surface area contributed by atoms with Crippen LogP contribution >= 0.6 is 11.8 Å². The summed E-state index contributed by atoms with van der Waals surface area (Å²) >= 11 is 2.04. The van der Waals surface area contributed by atoms with Gasteiger partial charge in [0.1, 0.15) is 0 Å². The highest BCUT2D eigenvalue weighted by atomic mass is 32.2. The Kier molecular flexibility index (Phi) is 6.07. The topological polar surface area (TPSA) is 50.2 Å². The molecule has 5 nitrogen and oxygen atoms in total. The van der Waals surface area contributed by atoms with Gasteiger partial charge in [0.15, 0.2) is 0 Å². The molecule has 1 unspecified atom stereocenters. The lowest BCUT2D eigenvalue weighted by atomic mass is 9.96. The minimum Gasteiger partial charge on any atom is -0.325 e. The number of aromatic nitrogens is 2. The molecule has 0 aliphatic carbocycles. The number of carbonyl (C=O) groups excluding carboxylic acids is 1. The summed E-state index contributed by atoms with van der Waals surface area (Å²) in [5.74, 6) is 2.60. The smallest absolute Gasteiger partial charge is 0.241 e. The van der Waals surface area contributed by atoms with Crippen LogP contribution in [0.1, 0.15) is 43.5 Å². The van der Waals surface area contributed by atoms with Crippen molar-refractivity contribution >= 4 is 23.4 Å². The van der Waals surface area contributed by atoms with Gasteiger partial charge in [-0.15, -0.1) is 0 Å². The predicted octanol–water partition coefficient (Wildman–Crippen LogP) is 4.18. The van der Waals surface area contributed by atoms with Crippen LogP contribution < -0.4 is 5.32 Å². The molecule has 150 valence electrons. The molecule has 3 heterocycles. The summed E-state index contributed by atoms with van der Waals surface area (Å²) in [5, 5.41) is 7.69. The Balaban J connectivity index is 1.44. The van der Waals surface area contributed by atoms with Gasteiger partial charge in [0.25, 0.3) is 0 Å². The summed E-state index contributed by atoms with van der Waals surface area (Å²) in [7, 11) is 0. The van der Waals surface area contributed by atoms with Crippen molar-refractivity contribution in [3.8, 4) is 5.69 Å². The number of hydrogen-bond donors (Lipinski definition) is 1. The number of rotatable bonds is 4. The van der Waals surface area contributed by atoms with Gasteiger partial charge >= 0.3 is 0 Å². The lowest BCUT2D eigenvalue weighted by molar-refractivity contribution is -0.123. The summed E-state index contributed by atoms with van der Waals surface area (Å²) in [4.78, 5) is 15.5. The van der Waals surface area contributed by atoms with Crippen molar-refractivity contribution < 1.29 is 4.79 Å². The third kappa shape index (κ3) is 4.28. The highest BCUT2D eigenvalue weighted by Gasteiger charge is 2.34. The Labute approximate surface area is 171 Å². The molecule has 1 aromatic carbocycles. The van der Waals surface area contributed by atoms with Crippen LogP contribution in [0.5, 0.6) is 0 Å². The Hall–Kier alpha value is -1.79. The maximum atomic E-state index is 13.1. The van der Waals surface area contributed by atoms with Crippen LogP contribution in [-0.4, -0.2) is 50.7 Å². The standard InChI is InChI=1S/C22H30N4OS/c1-16-15-17(2)26(24-16)20-8-6-18(7-9-20)23-22(27)21-5-3-4-12-25(21)19-10-13-28-14-11-19/h6-9,15,19,21H,3-5,10-14H2,1-2H3,(H,23,27). The Morgan fingerprint density at radius 3 is 2.54 bits per heavy atom. The number of nitrogens with zero attached hydrogens (tertiary/aromatic N) is 3. The lowest BCUT2D eigenvalue weighted by Gasteiger charge is -2.41. The minimum atomic E-state index is 0.0116. The monoisotopic (exact) mass is 398 g/mol. The summed E-state index contributed by atoms with van der Waals surface area (Å²) in [6.07, 6.45) is 5.76. The first kappa shape index (κ1) is 19.5. The van der Waals surface area contributed by atoms with Crippen molar-refractivity contribution in [3.63, 3.8) is 0 Å². The van der Waals surface area contributed by atoms with Crippen LogP contribution in [0, 0.1) is 13.8 Å². The fourth-order valence-corrected chi connectivity index (χ4v) is 5.57. The second-order valence-electron chi connectivity index (χ2n) is 7.97. The first-order valence-corrected chi connectivity index (χ1v) is 11.6. The maximum absolute atomic E-state index is 13.1. The highest BCUT2D eigenvalue weighted by Crippen LogP contribution is 2.28. The molecule has 2 aliphatic rings. The molecule has 1 N–H and O–H groups in total. The molecule has 2 fully saturated rings. The van der Waals surface area contributed by atoms with E-state index in [1.807, 2.05) is 47.6 Å². The largest absolute Gasteiger partial charge is 0.325 e. The van der Waals surface area contributed by atoms with Gasteiger partial charge in [0.2, 0.25) is 5.91 Å². The van der Waals surface area contributed by atoms with E-state index in [1.165, 1.54) is 30.8 Å². The number of carbonyl (C=O) groups is 1. The number of amides is 1. The van der Waals surface area contributed by atoms with Crippen molar-refractivity contribution in [2.75, 3.05) is 23.4 Å². The molecule has 2 aliphatic heterocycles. The molecule has 0 spiro atoms. The predicted molar refractivity (Wildman–Crippen MR) is 116 cm³/mol. The molecule has 0 radical (unpaired) electrons. The second kappa shape index (κ2) is 8.70. The Morgan fingerprint density at radius 2 is 1.86 bits per heavy atom. The fourth-order valence-electron chi connectivity index (χ4n) is 4.49. The molecule has 1 atom stereocenters. The number of benzene rings is 1. The lowest BCUT2D eigenvalue weighted by Crippen LogP contribution is -2.52. The van der Waals surface area contributed by atoms with Crippen molar-refractivity contribution in [1.82, 2.24) is 14.7 Å². The molecule has 4 rings (SSSR count). The van der Waals surface area contributed by atoms with E-state index in [0.717, 1.165) is 42.1 Å². The van der Waals surface area contributed by atoms with E-state index < -0.39 is 0 Å². The summed E-state index contributed by atoms with van der Waals surface area (Å²) in [6.45, 7) is 5.11. The molecule has 2 aromatic rings. The molecule has 28 heavy (non-hydrogen) atoms. The molecule has 6 heteroatoms. The van der Waals surface area contributed by atoms with E-state index in [-0.39, 0.29) is 11.9 Å². The van der Waals surface area contributed by atoms with Crippen LogP contribution in [0.3, 0.4) is 0 Å². The zero-order chi connectivity index (χ0) is 19.5. The molecule has 2 saturated heterocycles. The van der Waals surface area contributed by atoms with E-state index in [1.54, 1.807) is 0 Å². The van der Waals surface area contributed by atoms with Gasteiger partial charge in [-0.05, 0) is 87.9 Å². The highest BCUT2D eigenvalue weighted by molar-refractivity contribution is 7.99. The number of anilines is 1. The molecule has 1 aromatic heterocycles. The van der Waals surface area contributed by atoms with Gasteiger partial charge in [0.05, 0.1) is 17.4 Å². The Morgan fingerprint density at radius 1 is 1.11 bits per heavy atom. The molecule has 0 saturated carbocycles. The second-order valence-corrected chi connectivity index (χ2v) is 9.19. The van der Waals surface area contributed by atoms with Crippen LogP contribution in [0.2, 0.25) is 0 Å². The van der Waals surface area contributed by atoms with Gasteiger partial charge in [-0.25, -0.2) is 4.68 Å². The van der Waals surface area contributed by atoms with Crippen LogP contribution in [0.4, 0.5) is 5.69 Å². The number of hydrogen-bond acceptors (Lipinski definition) is 4. The first-order chi connectivity index (χ1) is 13.6. The van der Waals surface area contributed by atoms with Gasteiger partial charge in [-0.3, -0.25) is 9.69 Å². The van der Waals surface area contributed by atoms with E-state index >= 15 is 0 Å². The number of nitrogens with one attached hydrogen (secondary N) is 1. The molecular weight excluding hydrogens is 368 g/mol. The minimum absolute atomic E-state index is 0.0116. The third-order valence-electron chi connectivity index (χ3n) is 5.90. The number of aryl methyl sites for hydroxylation is 2. The van der Waals surface area contributed by atoms with Crippen molar-refractivity contribution in [3.05, 3.63) is 41.7 Å². The number of piperidine rings is 1. The summed E-state index contributed by atoms with van der Waals surface area (Å²) < 4.78 is 1.94. The van der Waals surface area contributed by atoms with Crippen molar-refractivity contribution in [2.45, 2.75) is 58.0 Å². The molecule has 1 amide bonds. The molecule has 0 bridgehead atoms. The van der Waals surface area contributed by atoms with Gasteiger partial charge < -0.3 is 5.32 Å². The zero-order valence-corrected chi connectivity index (χ0v) is 17.7. The van der Waals surface area contributed by atoms with Crippen molar-refractivity contribution in [1.29, 1.82) is 0 Å². The van der Waals surface area contributed by atoms with Crippen LogP contribution in [0.25, 0.3) is 5.69 Å². The average molecular weight is 399 g/mol. The average Bonchev–Trinajstić information content (AvgIpc) is 3.07. The number of thioether (sulfide) groups is 1. The normalized spacial score (nSPS) is 21.6. The number of likely N-dealkylation sites (tertiary alicyclic amines) is 1. The van der Waals surface area contributed by atoms with E-state index in [9.17, 15) is 4.79 Å². The van der Waals surface area contributed by atoms with E-state index in [2.05, 4.69) is 28.3 Å². The quantitative estimate of drug-likeness (QED) is 0.839. The first-order valence-electron chi connectivity index (χ1n) is 10.4. The molecular formula is C22H30N4OS. The van der Waals surface area contributed by atoms with Crippen LogP contribution in [-0.2, 0) is 4.79 Å². The van der Waals surface area contributed by atoms with Crippen molar-refractivity contribution in [2.24, 2.45) is 0 Å². The van der Waals surface area contributed by atoms with E-state index in [0.29, 0.717) is 6.04 Å². The van der Waals surface area contributed by atoms with Gasteiger partial charge in [-0.2, -0.15) is 16.9 Å². The third-order valence-corrected chi connectivity index (χ3v) is 6.94. The maximum Gasteiger partial charge on any atom is 0.241 e. The SMILES string of the molecule is Cc1cc(C)n(-c2ccc(NC(=O)C3CCCCN3C3CCSCC3)cc2)n1. The summed E-state index contributed by atoms with van der Waals surface area (Å²) in [6, 6.07) is 10.7. The zero-order valence-electron chi connectivity index (χ0n) is 16.9. The fraction of sp³-hybridized carbons (Fsp3) is 0.545. The van der Waals surface area contributed by atoms with Gasteiger partial charge in [0, 0.05) is 17.4 Å². The summed E-state index contributed by atoms with van der Waals surface area (Å²) in [5.41, 5.74) is 3.99. The van der Waals surface area contributed by atoms with E-state index in [4.69, 9.17) is 0 Å². The van der Waals surface area contributed by atoms with Crippen LogP contribution in [0.15, 0.2) is 30.3 Å². The van der Waals surface area contributed by atoms with Gasteiger partial charge in [-0.1, -0.05) is 6.42 Å².